The molecule has 1 aromatic carbocycles. The zero-order valence-electron chi connectivity index (χ0n) is 20.9. The summed E-state index contributed by atoms with van der Waals surface area (Å²) < 4.78 is 46.4. The molecule has 14 heteroatoms. The SMILES string of the molecule is O=C(c1cnn(-c2cccc3c(=O)[nH]ccc23)c1C(F)(F)F)c1cn(C2CCC2)c2nc(-n3nccn3)c(Cl)cc12. The third-order valence-corrected chi connectivity index (χ3v) is 7.64. The normalized spacial score (nSPS) is 14.1. The van der Waals surface area contributed by atoms with Gasteiger partial charge in [-0.05, 0) is 43.5 Å². The molecule has 5 heterocycles. The van der Waals surface area contributed by atoms with Crippen LogP contribution in [0.15, 0.2) is 66.1 Å². The fourth-order valence-corrected chi connectivity index (χ4v) is 5.46. The van der Waals surface area contributed by atoms with Gasteiger partial charge in [0, 0.05) is 40.2 Å². The maximum Gasteiger partial charge on any atom is 0.434 e. The number of aromatic amines is 1. The highest BCUT2D eigenvalue weighted by Gasteiger charge is 2.41. The number of carbonyl (C=O) groups excluding carboxylic acids is 1. The number of H-pyrrole nitrogens is 1. The fraction of sp³-hybridized carbons (Fsp3) is 0.185. The standard InChI is InChI=1S/C27H18ClF3N8O2/c28-20-11-17-19(13-37(14-3-1-4-14)24(17)36-25(20)39-33-9-10-34-39)22(40)18-12-35-38(23(18)27(29,30)31)21-6-2-5-16-15(21)7-8-32-26(16)41/h2,5-14H,1,3-4H2,(H,32,41). The van der Waals surface area contributed by atoms with E-state index in [4.69, 9.17) is 11.6 Å². The van der Waals surface area contributed by atoms with Crippen molar-refractivity contribution in [3.63, 3.8) is 0 Å². The molecule has 1 fully saturated rings. The Bertz CT molecular complexity index is 2040. The number of hydrogen-bond donors (Lipinski definition) is 1. The van der Waals surface area contributed by atoms with Crippen molar-refractivity contribution in [3.8, 4) is 11.5 Å². The Kier molecular flexibility index (Phi) is 5.61. The lowest BCUT2D eigenvalue weighted by Gasteiger charge is -2.27. The fourth-order valence-electron chi connectivity index (χ4n) is 5.23. The molecule has 0 atom stereocenters. The monoisotopic (exact) mass is 578 g/mol. The van der Waals surface area contributed by atoms with E-state index < -0.39 is 28.8 Å². The first kappa shape index (κ1) is 25.2. The van der Waals surface area contributed by atoms with Crippen LogP contribution < -0.4 is 5.56 Å². The average molecular weight is 579 g/mol. The van der Waals surface area contributed by atoms with Crippen LogP contribution >= 0.6 is 11.6 Å². The summed E-state index contributed by atoms with van der Waals surface area (Å²) in [5.41, 5.74) is -1.93. The van der Waals surface area contributed by atoms with Crippen LogP contribution in [0, 0.1) is 0 Å². The van der Waals surface area contributed by atoms with Crippen LogP contribution in [0.2, 0.25) is 5.02 Å². The zero-order chi connectivity index (χ0) is 28.5. The van der Waals surface area contributed by atoms with Crippen molar-refractivity contribution in [2.75, 3.05) is 0 Å². The van der Waals surface area contributed by atoms with E-state index >= 15 is 0 Å². The van der Waals surface area contributed by atoms with Gasteiger partial charge in [-0.2, -0.15) is 28.5 Å². The summed E-state index contributed by atoms with van der Waals surface area (Å²) in [4.78, 5) is 34.6. The largest absolute Gasteiger partial charge is 0.434 e. The number of pyridine rings is 2. The summed E-state index contributed by atoms with van der Waals surface area (Å²) >= 11 is 6.50. The summed E-state index contributed by atoms with van der Waals surface area (Å²) in [6.45, 7) is 0. The van der Waals surface area contributed by atoms with Crippen molar-refractivity contribution < 1.29 is 18.0 Å². The average Bonchev–Trinajstić information content (AvgIpc) is 3.66. The molecule has 0 amide bonds. The highest BCUT2D eigenvalue weighted by molar-refractivity contribution is 6.33. The lowest BCUT2D eigenvalue weighted by Crippen LogP contribution is -2.18. The van der Waals surface area contributed by atoms with Crippen molar-refractivity contribution in [3.05, 3.63) is 93.5 Å². The molecule has 1 saturated carbocycles. The number of carbonyl (C=O) groups is 1. The summed E-state index contributed by atoms with van der Waals surface area (Å²) in [6, 6.07) is 7.39. The molecule has 1 N–H and O–H groups in total. The number of benzene rings is 1. The number of fused-ring (bicyclic) bond motifs is 2. The number of nitrogens with zero attached hydrogens (tertiary/aromatic N) is 7. The van der Waals surface area contributed by atoms with Gasteiger partial charge in [0.15, 0.2) is 17.3 Å². The number of aromatic nitrogens is 8. The minimum Gasteiger partial charge on any atom is -0.329 e. The maximum atomic E-state index is 14.6. The highest BCUT2D eigenvalue weighted by Crippen LogP contribution is 2.40. The summed E-state index contributed by atoms with van der Waals surface area (Å²) in [5, 5.41) is 13.0. The molecule has 0 radical (unpaired) electrons. The molecule has 0 spiro atoms. The van der Waals surface area contributed by atoms with Crippen molar-refractivity contribution in [1.82, 2.24) is 39.3 Å². The first-order chi connectivity index (χ1) is 19.7. The Morgan fingerprint density at radius 1 is 1.02 bits per heavy atom. The first-order valence-electron chi connectivity index (χ1n) is 12.6. The third-order valence-electron chi connectivity index (χ3n) is 7.36. The molecule has 7 rings (SSSR count). The van der Waals surface area contributed by atoms with Crippen LogP contribution in [0.3, 0.4) is 0 Å². The molecule has 5 aromatic heterocycles. The van der Waals surface area contributed by atoms with Gasteiger partial charge < -0.3 is 9.55 Å². The quantitative estimate of drug-likeness (QED) is 0.279. The molecule has 1 aliphatic carbocycles. The van der Waals surface area contributed by atoms with E-state index in [0.717, 1.165) is 25.5 Å². The second kappa shape index (κ2) is 9.13. The van der Waals surface area contributed by atoms with Crippen LogP contribution in [0.1, 0.15) is 46.9 Å². The Balaban J connectivity index is 1.43. The van der Waals surface area contributed by atoms with E-state index in [2.05, 4.69) is 25.3 Å². The smallest absolute Gasteiger partial charge is 0.329 e. The summed E-state index contributed by atoms with van der Waals surface area (Å²) in [6.07, 6.45) is 4.41. The zero-order valence-corrected chi connectivity index (χ0v) is 21.7. The maximum absolute atomic E-state index is 14.6. The van der Waals surface area contributed by atoms with E-state index in [-0.39, 0.29) is 38.9 Å². The molecule has 1 aliphatic rings. The Hall–Kier alpha value is -4.78. The Morgan fingerprint density at radius 3 is 2.51 bits per heavy atom. The van der Waals surface area contributed by atoms with Crippen LogP contribution in [0.4, 0.5) is 13.2 Å². The van der Waals surface area contributed by atoms with E-state index in [1.807, 2.05) is 4.57 Å². The molecule has 0 saturated heterocycles. The van der Waals surface area contributed by atoms with Gasteiger partial charge in [-0.1, -0.05) is 17.7 Å². The lowest BCUT2D eigenvalue weighted by atomic mass is 9.93. The predicted molar refractivity (Wildman–Crippen MR) is 143 cm³/mol. The summed E-state index contributed by atoms with van der Waals surface area (Å²) in [7, 11) is 0. The Morgan fingerprint density at radius 2 is 1.80 bits per heavy atom. The molecule has 206 valence electrons. The van der Waals surface area contributed by atoms with E-state index in [1.165, 1.54) is 59.9 Å². The molecule has 41 heavy (non-hydrogen) atoms. The number of halogens is 4. The third kappa shape index (κ3) is 3.95. The molecular weight excluding hydrogens is 561 g/mol. The number of alkyl halides is 3. The highest BCUT2D eigenvalue weighted by atomic mass is 35.5. The number of rotatable bonds is 5. The number of hydrogen-bond acceptors (Lipinski definition) is 6. The molecule has 0 bridgehead atoms. The van der Waals surface area contributed by atoms with E-state index in [1.54, 1.807) is 0 Å². The van der Waals surface area contributed by atoms with Crippen molar-refractivity contribution in [1.29, 1.82) is 0 Å². The predicted octanol–water partition coefficient (Wildman–Crippen LogP) is 5.27. The van der Waals surface area contributed by atoms with Crippen molar-refractivity contribution in [2.24, 2.45) is 0 Å². The van der Waals surface area contributed by atoms with Crippen LogP contribution in [0.5, 0.6) is 0 Å². The number of nitrogens with one attached hydrogen (secondary N) is 1. The van der Waals surface area contributed by atoms with E-state index in [0.29, 0.717) is 15.7 Å². The van der Waals surface area contributed by atoms with Gasteiger partial charge in [0.25, 0.3) is 5.56 Å². The van der Waals surface area contributed by atoms with Gasteiger partial charge in [0.1, 0.15) is 5.65 Å². The summed E-state index contributed by atoms with van der Waals surface area (Å²) in [5.74, 6) is -0.649. The topological polar surface area (TPSA) is 116 Å². The Labute approximate surface area is 233 Å². The van der Waals surface area contributed by atoms with Gasteiger partial charge in [0.2, 0.25) is 0 Å². The van der Waals surface area contributed by atoms with Crippen LogP contribution in [-0.2, 0) is 6.18 Å². The molecule has 0 aliphatic heterocycles. The molecule has 10 nitrogen and oxygen atoms in total. The molecule has 6 aromatic rings. The van der Waals surface area contributed by atoms with Gasteiger partial charge in [-0.15, -0.1) is 4.80 Å². The molecule has 0 unspecified atom stereocenters. The first-order valence-corrected chi connectivity index (χ1v) is 13.0. The second-order valence-corrected chi connectivity index (χ2v) is 10.1. The van der Waals surface area contributed by atoms with Crippen LogP contribution in [0.25, 0.3) is 33.3 Å². The van der Waals surface area contributed by atoms with Gasteiger partial charge in [0.05, 0.1) is 34.9 Å². The van der Waals surface area contributed by atoms with Gasteiger partial charge in [-0.25, -0.2) is 9.67 Å². The minimum atomic E-state index is -4.95. The van der Waals surface area contributed by atoms with E-state index in [9.17, 15) is 22.8 Å². The van der Waals surface area contributed by atoms with Crippen molar-refractivity contribution >= 4 is 39.2 Å². The van der Waals surface area contributed by atoms with Crippen LogP contribution in [-0.4, -0.2) is 45.1 Å². The lowest BCUT2D eigenvalue weighted by molar-refractivity contribution is -0.143. The second-order valence-electron chi connectivity index (χ2n) is 9.71. The van der Waals surface area contributed by atoms with Gasteiger partial charge >= 0.3 is 6.18 Å². The minimum absolute atomic E-state index is 0.0120. The van der Waals surface area contributed by atoms with Gasteiger partial charge in [-0.3, -0.25) is 9.59 Å². The van der Waals surface area contributed by atoms with Crippen molar-refractivity contribution in [2.45, 2.75) is 31.5 Å². The molecular formula is C27H18ClF3N8O2. The number of ketones is 1.